The molecule has 3 unspecified atom stereocenters. The second kappa shape index (κ2) is 5.38. The first-order valence-electron chi connectivity index (χ1n) is 6.21. The Hall–Kier alpha value is -0.270. The van der Waals surface area contributed by atoms with E-state index in [-0.39, 0.29) is 17.9 Å². The van der Waals surface area contributed by atoms with Gasteiger partial charge in [-0.05, 0) is 18.9 Å². The molecule has 2 rings (SSSR count). The minimum absolute atomic E-state index is 0.0456. The Morgan fingerprint density at radius 3 is 2.72 bits per heavy atom. The van der Waals surface area contributed by atoms with Crippen LogP contribution in [0.15, 0.2) is 0 Å². The quantitative estimate of drug-likeness (QED) is 0.772. The minimum Gasteiger partial charge on any atom is -0.323 e. The highest BCUT2D eigenvalue weighted by Gasteiger charge is 2.39. The Labute approximate surface area is 113 Å². The van der Waals surface area contributed by atoms with Crippen molar-refractivity contribution in [1.82, 2.24) is 10.2 Å². The van der Waals surface area contributed by atoms with Crippen LogP contribution < -0.4 is 5.32 Å². The first-order valence-corrected chi connectivity index (χ1v) is 9.32. The van der Waals surface area contributed by atoms with Crippen molar-refractivity contribution in [3.8, 4) is 0 Å². The van der Waals surface area contributed by atoms with Gasteiger partial charge in [-0.15, -0.1) is 0 Å². The molecule has 0 saturated carbocycles. The van der Waals surface area contributed by atoms with Gasteiger partial charge in [0, 0.05) is 24.3 Å². The van der Waals surface area contributed by atoms with Crippen molar-refractivity contribution in [2.45, 2.75) is 24.8 Å². The van der Waals surface area contributed by atoms with Gasteiger partial charge in [-0.3, -0.25) is 4.79 Å². The molecule has 0 bridgehead atoms. The third kappa shape index (κ3) is 2.83. The van der Waals surface area contributed by atoms with Gasteiger partial charge in [0.15, 0.2) is 9.84 Å². The zero-order valence-corrected chi connectivity index (χ0v) is 12.4. The summed E-state index contributed by atoms with van der Waals surface area (Å²) >= 11 is 1.60. The number of carbonyl (C=O) groups excluding carboxylic acids is 1. The number of amides is 1. The van der Waals surface area contributed by atoms with Crippen LogP contribution >= 0.6 is 11.8 Å². The maximum absolute atomic E-state index is 12.5. The third-order valence-corrected chi connectivity index (χ3v) is 6.30. The summed E-state index contributed by atoms with van der Waals surface area (Å²) in [7, 11) is -3.21. The second-order valence-electron chi connectivity index (χ2n) is 5.09. The molecule has 0 radical (unpaired) electrons. The largest absolute Gasteiger partial charge is 0.323 e. The lowest BCUT2D eigenvalue weighted by atomic mass is 10.0. The topological polar surface area (TPSA) is 66.5 Å². The summed E-state index contributed by atoms with van der Waals surface area (Å²) in [6, 6.07) is -0.211. The highest BCUT2D eigenvalue weighted by Crippen LogP contribution is 2.24. The summed E-state index contributed by atoms with van der Waals surface area (Å²) in [4.78, 5) is 14.0. The van der Waals surface area contributed by atoms with Gasteiger partial charge < -0.3 is 10.2 Å². The summed E-state index contributed by atoms with van der Waals surface area (Å²) in [6.45, 7) is 3.41. The third-order valence-electron chi connectivity index (χ3n) is 3.66. The molecule has 0 aromatic carbocycles. The van der Waals surface area contributed by atoms with Gasteiger partial charge in [0.25, 0.3) is 0 Å². The Balaban J connectivity index is 2.16. The van der Waals surface area contributed by atoms with Crippen LogP contribution in [0.1, 0.15) is 13.3 Å². The Kier molecular flexibility index (Phi) is 4.23. The number of thioether (sulfide) groups is 1. The van der Waals surface area contributed by atoms with Gasteiger partial charge in [-0.2, -0.15) is 11.8 Å². The van der Waals surface area contributed by atoms with Crippen molar-refractivity contribution in [2.75, 3.05) is 30.9 Å². The van der Waals surface area contributed by atoms with Crippen molar-refractivity contribution in [2.24, 2.45) is 5.92 Å². The number of hydrogen-bond acceptors (Lipinski definition) is 5. The van der Waals surface area contributed by atoms with E-state index in [1.165, 1.54) is 6.26 Å². The molecule has 0 aromatic rings. The van der Waals surface area contributed by atoms with Gasteiger partial charge >= 0.3 is 0 Å². The summed E-state index contributed by atoms with van der Waals surface area (Å²) in [5.41, 5.74) is 0. The van der Waals surface area contributed by atoms with Crippen molar-refractivity contribution >= 4 is 27.5 Å². The number of hydrogen-bond donors (Lipinski definition) is 1. The Morgan fingerprint density at radius 1 is 1.44 bits per heavy atom. The summed E-state index contributed by atoms with van der Waals surface area (Å²) in [5, 5.41) is 2.53. The van der Waals surface area contributed by atoms with Gasteiger partial charge in [-0.25, -0.2) is 8.42 Å². The fourth-order valence-electron chi connectivity index (χ4n) is 2.53. The van der Waals surface area contributed by atoms with Crippen LogP contribution in [0, 0.1) is 5.92 Å². The van der Waals surface area contributed by atoms with E-state index in [0.29, 0.717) is 12.3 Å². The molecule has 2 aliphatic rings. The van der Waals surface area contributed by atoms with Gasteiger partial charge in [0.1, 0.15) is 5.37 Å². The van der Waals surface area contributed by atoms with Crippen LogP contribution in [0.2, 0.25) is 0 Å². The van der Waals surface area contributed by atoms with Crippen molar-refractivity contribution in [3.05, 3.63) is 0 Å². The maximum Gasteiger partial charge on any atom is 0.241 e. The molecule has 2 fully saturated rings. The normalized spacial score (nSPS) is 33.7. The molecule has 2 saturated heterocycles. The molecule has 1 amide bonds. The molecule has 1 N–H and O–H groups in total. The molecule has 0 aliphatic carbocycles. The van der Waals surface area contributed by atoms with Crippen LogP contribution in [0.3, 0.4) is 0 Å². The number of nitrogens with one attached hydrogen (secondary N) is 1. The first kappa shape index (κ1) is 14.1. The predicted molar refractivity (Wildman–Crippen MR) is 73.2 cm³/mol. The zero-order valence-electron chi connectivity index (χ0n) is 10.8. The average Bonchev–Trinajstić information content (AvgIpc) is 2.73. The SMILES string of the molecule is CC1CCNC1C(=O)N1CCSCC1S(C)(=O)=O. The van der Waals surface area contributed by atoms with Crippen LogP contribution in [0.4, 0.5) is 0 Å². The second-order valence-corrected chi connectivity index (χ2v) is 8.44. The molecule has 2 aliphatic heterocycles. The highest BCUT2D eigenvalue weighted by atomic mass is 32.2. The molecular formula is C11H20N2O3S2. The molecule has 18 heavy (non-hydrogen) atoms. The van der Waals surface area contributed by atoms with E-state index in [4.69, 9.17) is 0 Å². The van der Waals surface area contributed by atoms with Crippen molar-refractivity contribution in [1.29, 1.82) is 0 Å². The smallest absolute Gasteiger partial charge is 0.241 e. The fourth-order valence-corrected chi connectivity index (χ4v) is 5.35. The average molecular weight is 292 g/mol. The molecular weight excluding hydrogens is 272 g/mol. The molecule has 0 spiro atoms. The number of nitrogens with zero attached hydrogens (tertiary/aromatic N) is 1. The van der Waals surface area contributed by atoms with Crippen LogP contribution in [-0.2, 0) is 14.6 Å². The summed E-state index contributed by atoms with van der Waals surface area (Å²) in [6.07, 6.45) is 2.19. The van der Waals surface area contributed by atoms with E-state index >= 15 is 0 Å². The summed E-state index contributed by atoms with van der Waals surface area (Å²) < 4.78 is 23.5. The van der Waals surface area contributed by atoms with Crippen LogP contribution in [0.5, 0.6) is 0 Å². The maximum atomic E-state index is 12.5. The van der Waals surface area contributed by atoms with E-state index in [1.54, 1.807) is 16.7 Å². The Bertz CT molecular complexity index is 424. The first-order chi connectivity index (χ1) is 8.41. The standard InChI is InChI=1S/C11H20N2O3S2/c1-8-3-4-12-10(8)11(14)13-5-6-17-7-9(13)18(2,15)16/h8-10,12H,3-7H2,1-2H3. The van der Waals surface area contributed by atoms with E-state index in [9.17, 15) is 13.2 Å². The van der Waals surface area contributed by atoms with Crippen LogP contribution in [-0.4, -0.2) is 61.5 Å². The van der Waals surface area contributed by atoms with E-state index in [0.717, 1.165) is 18.7 Å². The molecule has 5 nitrogen and oxygen atoms in total. The molecule has 7 heteroatoms. The van der Waals surface area contributed by atoms with E-state index in [2.05, 4.69) is 5.32 Å². The molecule has 2 heterocycles. The number of carbonyl (C=O) groups is 1. The predicted octanol–water partition coefficient (Wildman–Crippen LogP) is -0.0695. The fraction of sp³-hybridized carbons (Fsp3) is 0.909. The van der Waals surface area contributed by atoms with Gasteiger partial charge in [0.2, 0.25) is 5.91 Å². The van der Waals surface area contributed by atoms with E-state index < -0.39 is 15.2 Å². The zero-order chi connectivity index (χ0) is 13.3. The highest BCUT2D eigenvalue weighted by molar-refractivity contribution is 8.00. The van der Waals surface area contributed by atoms with Crippen LogP contribution in [0.25, 0.3) is 0 Å². The molecule has 3 atom stereocenters. The monoisotopic (exact) mass is 292 g/mol. The molecule has 104 valence electrons. The van der Waals surface area contributed by atoms with E-state index in [1.807, 2.05) is 6.92 Å². The van der Waals surface area contributed by atoms with Crippen molar-refractivity contribution < 1.29 is 13.2 Å². The Morgan fingerprint density at radius 2 is 2.17 bits per heavy atom. The lowest BCUT2D eigenvalue weighted by Gasteiger charge is -2.36. The number of rotatable bonds is 2. The minimum atomic E-state index is -3.21. The van der Waals surface area contributed by atoms with Crippen molar-refractivity contribution in [3.63, 3.8) is 0 Å². The lowest BCUT2D eigenvalue weighted by Crippen LogP contribution is -2.55. The number of sulfone groups is 1. The van der Waals surface area contributed by atoms with Gasteiger partial charge in [-0.1, -0.05) is 6.92 Å². The lowest BCUT2D eigenvalue weighted by molar-refractivity contribution is -0.134. The molecule has 0 aromatic heterocycles. The van der Waals surface area contributed by atoms with Gasteiger partial charge in [0.05, 0.1) is 6.04 Å². The summed E-state index contributed by atoms with van der Waals surface area (Å²) in [5.74, 6) is 1.55.